The third-order valence-corrected chi connectivity index (χ3v) is 0.926. The Morgan fingerprint density at radius 2 is 1.92 bits per heavy atom. The number of esters is 1. The molecule has 0 radical (unpaired) electrons. The first-order chi connectivity index (χ1) is 5.56. The van der Waals surface area contributed by atoms with Gasteiger partial charge in [-0.15, -0.1) is 0 Å². The molecule has 2 amide bonds. The Morgan fingerprint density at radius 1 is 1.33 bits per heavy atom. The summed E-state index contributed by atoms with van der Waals surface area (Å²) in [6.07, 6.45) is -0.409. The van der Waals surface area contributed by atoms with Gasteiger partial charge in [-0.1, -0.05) is 0 Å². The van der Waals surface area contributed by atoms with Crippen LogP contribution in [0.25, 0.3) is 0 Å². The van der Waals surface area contributed by atoms with Gasteiger partial charge in [0.05, 0.1) is 6.61 Å². The quantitative estimate of drug-likeness (QED) is 0.465. The van der Waals surface area contributed by atoms with E-state index in [9.17, 15) is 14.4 Å². The summed E-state index contributed by atoms with van der Waals surface area (Å²) in [5.41, 5.74) is 0. The minimum absolute atomic E-state index is 0.228. The maximum atomic E-state index is 10.7. The van der Waals surface area contributed by atoms with Crippen LogP contribution < -0.4 is 5.32 Å². The van der Waals surface area contributed by atoms with Gasteiger partial charge in [0.15, 0.2) is 0 Å². The normalized spacial score (nSPS) is 8.83. The average Bonchev–Trinajstić information content (AvgIpc) is 1.84. The summed E-state index contributed by atoms with van der Waals surface area (Å²) in [6, 6.07) is 0. The van der Waals surface area contributed by atoms with Crippen molar-refractivity contribution in [1.82, 2.24) is 5.32 Å². The van der Waals surface area contributed by atoms with Gasteiger partial charge in [-0.3, -0.25) is 19.7 Å². The van der Waals surface area contributed by atoms with E-state index in [0.29, 0.717) is 0 Å². The predicted octanol–water partition coefficient (Wildman–Crippen LogP) is -0.398. The van der Waals surface area contributed by atoms with E-state index in [1.54, 1.807) is 6.92 Å². The number of carbonyl (C=O) groups is 3. The van der Waals surface area contributed by atoms with Crippen molar-refractivity contribution < 1.29 is 19.1 Å². The SMILES string of the molecule is CCOC(=O)CC(=O)NC(C)=O. The molecule has 0 saturated heterocycles. The maximum absolute atomic E-state index is 10.7. The number of amides is 2. The van der Waals surface area contributed by atoms with Crippen LogP contribution in [0.5, 0.6) is 0 Å². The molecule has 0 aliphatic carbocycles. The highest BCUT2D eigenvalue weighted by Crippen LogP contribution is 1.85. The van der Waals surface area contributed by atoms with Crippen molar-refractivity contribution in [3.63, 3.8) is 0 Å². The number of rotatable bonds is 3. The highest BCUT2D eigenvalue weighted by atomic mass is 16.5. The van der Waals surface area contributed by atoms with Gasteiger partial charge in [-0.25, -0.2) is 0 Å². The van der Waals surface area contributed by atoms with Gasteiger partial charge in [0.2, 0.25) is 11.8 Å². The molecule has 1 N–H and O–H groups in total. The average molecular weight is 173 g/mol. The molecule has 5 nitrogen and oxygen atoms in total. The minimum Gasteiger partial charge on any atom is -0.466 e. The van der Waals surface area contributed by atoms with Crippen LogP contribution in [0.15, 0.2) is 0 Å². The van der Waals surface area contributed by atoms with Gasteiger partial charge in [-0.2, -0.15) is 0 Å². The lowest BCUT2D eigenvalue weighted by Gasteiger charge is -2.00. The third-order valence-electron chi connectivity index (χ3n) is 0.926. The Bertz CT molecular complexity index is 200. The number of imide groups is 1. The molecule has 68 valence electrons. The molecule has 0 aromatic carbocycles. The van der Waals surface area contributed by atoms with Crippen LogP contribution in [0, 0.1) is 0 Å². The van der Waals surface area contributed by atoms with Crippen LogP contribution in [0.2, 0.25) is 0 Å². The van der Waals surface area contributed by atoms with Gasteiger partial charge in [0, 0.05) is 6.92 Å². The molecule has 0 aliphatic heterocycles. The summed E-state index contributed by atoms with van der Waals surface area (Å²) in [7, 11) is 0. The second-order valence-electron chi connectivity index (χ2n) is 2.09. The summed E-state index contributed by atoms with van der Waals surface area (Å²) in [5, 5.41) is 1.95. The summed E-state index contributed by atoms with van der Waals surface area (Å²) >= 11 is 0. The van der Waals surface area contributed by atoms with Crippen molar-refractivity contribution in [3.8, 4) is 0 Å². The first kappa shape index (κ1) is 10.6. The molecule has 0 aliphatic rings. The minimum atomic E-state index is -0.638. The summed E-state index contributed by atoms with van der Waals surface area (Å²) < 4.78 is 4.48. The summed E-state index contributed by atoms with van der Waals surface area (Å²) in [5.74, 6) is -1.75. The first-order valence-electron chi connectivity index (χ1n) is 3.52. The standard InChI is InChI=1S/C7H11NO4/c1-3-12-7(11)4-6(10)8-5(2)9/h3-4H2,1-2H3,(H,8,9,10). The Morgan fingerprint density at radius 3 is 2.33 bits per heavy atom. The molecule has 0 fully saturated rings. The zero-order valence-electron chi connectivity index (χ0n) is 7.05. The summed E-state index contributed by atoms with van der Waals surface area (Å²) in [4.78, 5) is 31.7. The second kappa shape index (κ2) is 5.29. The first-order valence-corrected chi connectivity index (χ1v) is 3.52. The molecule has 0 bridgehead atoms. The Balaban J connectivity index is 3.69. The van der Waals surface area contributed by atoms with Gasteiger partial charge in [0.25, 0.3) is 0 Å². The van der Waals surface area contributed by atoms with E-state index in [1.807, 2.05) is 5.32 Å². The number of hydrogen-bond acceptors (Lipinski definition) is 4. The molecule has 0 unspecified atom stereocenters. The molecule has 12 heavy (non-hydrogen) atoms. The highest BCUT2D eigenvalue weighted by Gasteiger charge is 2.10. The van der Waals surface area contributed by atoms with E-state index >= 15 is 0 Å². The fourth-order valence-electron chi connectivity index (χ4n) is 0.584. The Kier molecular flexibility index (Phi) is 4.67. The third kappa shape index (κ3) is 5.40. The van der Waals surface area contributed by atoms with E-state index in [0.717, 1.165) is 0 Å². The lowest BCUT2D eigenvalue weighted by atomic mass is 10.4. The van der Waals surface area contributed by atoms with Crippen LogP contribution in [0.4, 0.5) is 0 Å². The van der Waals surface area contributed by atoms with Crippen molar-refractivity contribution in [2.45, 2.75) is 20.3 Å². The molecular formula is C7H11NO4. The molecule has 5 heteroatoms. The molecule has 0 heterocycles. The zero-order chi connectivity index (χ0) is 9.56. The lowest BCUT2D eigenvalue weighted by molar-refractivity contribution is -0.146. The zero-order valence-corrected chi connectivity index (χ0v) is 7.05. The van der Waals surface area contributed by atoms with Crippen LogP contribution >= 0.6 is 0 Å². The van der Waals surface area contributed by atoms with E-state index in [1.165, 1.54) is 6.92 Å². The topological polar surface area (TPSA) is 72.5 Å². The number of hydrogen-bond donors (Lipinski definition) is 1. The number of nitrogens with one attached hydrogen (secondary N) is 1. The van der Waals surface area contributed by atoms with Gasteiger partial charge in [0.1, 0.15) is 6.42 Å². The molecule has 0 saturated carbocycles. The number of ether oxygens (including phenoxy) is 1. The van der Waals surface area contributed by atoms with Gasteiger partial charge < -0.3 is 4.74 Å². The molecule has 0 rings (SSSR count). The van der Waals surface area contributed by atoms with Crippen LogP contribution in [-0.2, 0) is 19.1 Å². The van der Waals surface area contributed by atoms with Gasteiger partial charge in [-0.05, 0) is 6.92 Å². The number of carbonyl (C=O) groups excluding carboxylic acids is 3. The monoisotopic (exact) mass is 173 g/mol. The Labute approximate surface area is 70.1 Å². The maximum Gasteiger partial charge on any atom is 0.315 e. The van der Waals surface area contributed by atoms with E-state index in [-0.39, 0.29) is 6.61 Å². The predicted molar refractivity (Wildman–Crippen MR) is 40.1 cm³/mol. The summed E-state index contributed by atoms with van der Waals surface area (Å²) in [6.45, 7) is 3.07. The Hall–Kier alpha value is -1.39. The highest BCUT2D eigenvalue weighted by molar-refractivity contribution is 6.01. The smallest absolute Gasteiger partial charge is 0.315 e. The molecule has 0 aromatic heterocycles. The molecule has 0 spiro atoms. The van der Waals surface area contributed by atoms with E-state index in [4.69, 9.17) is 0 Å². The van der Waals surface area contributed by atoms with Crippen molar-refractivity contribution in [1.29, 1.82) is 0 Å². The van der Waals surface area contributed by atoms with Crippen molar-refractivity contribution in [3.05, 3.63) is 0 Å². The van der Waals surface area contributed by atoms with Crippen molar-refractivity contribution >= 4 is 17.8 Å². The second-order valence-corrected chi connectivity index (χ2v) is 2.09. The lowest BCUT2D eigenvalue weighted by Crippen LogP contribution is -2.30. The molecule has 0 atom stereocenters. The van der Waals surface area contributed by atoms with E-state index in [2.05, 4.69) is 4.74 Å². The van der Waals surface area contributed by atoms with Crippen molar-refractivity contribution in [2.24, 2.45) is 0 Å². The van der Waals surface area contributed by atoms with E-state index < -0.39 is 24.2 Å². The fraction of sp³-hybridized carbons (Fsp3) is 0.571. The fourth-order valence-corrected chi connectivity index (χ4v) is 0.584. The van der Waals surface area contributed by atoms with Crippen LogP contribution in [-0.4, -0.2) is 24.4 Å². The van der Waals surface area contributed by atoms with Crippen molar-refractivity contribution in [2.75, 3.05) is 6.61 Å². The van der Waals surface area contributed by atoms with Crippen LogP contribution in [0.1, 0.15) is 20.3 Å². The van der Waals surface area contributed by atoms with Gasteiger partial charge >= 0.3 is 5.97 Å². The van der Waals surface area contributed by atoms with Crippen LogP contribution in [0.3, 0.4) is 0 Å². The largest absolute Gasteiger partial charge is 0.466 e. The molecule has 0 aromatic rings. The molecular weight excluding hydrogens is 162 g/mol.